The van der Waals surface area contributed by atoms with Crippen LogP contribution in [-0.4, -0.2) is 14.8 Å². The molecule has 0 aliphatic carbocycles. The Balaban J connectivity index is 2.08. The molecule has 2 aromatic heterocycles. The summed E-state index contributed by atoms with van der Waals surface area (Å²) >= 11 is 1.53. The number of hydrogen-bond acceptors (Lipinski definition) is 5. The Kier molecular flexibility index (Phi) is 3.28. The van der Waals surface area contributed by atoms with Crippen LogP contribution in [0.15, 0.2) is 29.1 Å². The van der Waals surface area contributed by atoms with E-state index in [-0.39, 0.29) is 17.7 Å². The number of fused-ring (bicyclic) bond motifs is 1. The van der Waals surface area contributed by atoms with Crippen LogP contribution in [0.5, 0.6) is 0 Å². The van der Waals surface area contributed by atoms with Crippen molar-refractivity contribution in [3.8, 4) is 6.07 Å². The fraction of sp³-hybridized carbons (Fsp3) is 0.200. The van der Waals surface area contributed by atoms with Crippen LogP contribution >= 0.6 is 11.3 Å². The third-order valence-corrected chi connectivity index (χ3v) is 4.39. The van der Waals surface area contributed by atoms with Gasteiger partial charge in [0, 0.05) is 0 Å². The molecule has 0 amide bonds. The van der Waals surface area contributed by atoms with Gasteiger partial charge in [-0.3, -0.25) is 4.79 Å². The lowest BCUT2D eigenvalue weighted by Crippen LogP contribution is -2.27. The Morgan fingerprint density at radius 3 is 2.81 bits per heavy atom. The molecule has 0 radical (unpaired) electrons. The normalized spacial score (nSPS) is 10.7. The molecule has 0 aliphatic rings. The minimum atomic E-state index is -0.361. The summed E-state index contributed by atoms with van der Waals surface area (Å²) in [7, 11) is 0. The predicted molar refractivity (Wildman–Crippen MR) is 81.4 cm³/mol. The third kappa shape index (κ3) is 2.32. The van der Waals surface area contributed by atoms with E-state index in [1.807, 2.05) is 30.3 Å². The molecule has 2 heterocycles. The lowest BCUT2D eigenvalue weighted by molar-refractivity contribution is 0.621. The molecule has 0 saturated heterocycles. The number of aromatic nitrogens is 3. The number of aryl methyl sites for hydroxylation is 1. The summed E-state index contributed by atoms with van der Waals surface area (Å²) < 4.78 is 2.39. The molecule has 3 aromatic rings. The molecule has 104 valence electrons. The van der Waals surface area contributed by atoms with Crippen molar-refractivity contribution in [2.45, 2.75) is 20.4 Å². The Bertz CT molecular complexity index is 900. The second-order valence-corrected chi connectivity index (χ2v) is 5.85. The van der Waals surface area contributed by atoms with E-state index in [1.165, 1.54) is 16.0 Å². The average Bonchev–Trinajstić information content (AvgIpc) is 2.87. The van der Waals surface area contributed by atoms with Gasteiger partial charge in [-0.2, -0.15) is 10.4 Å². The van der Waals surface area contributed by atoms with E-state index in [0.717, 1.165) is 15.2 Å². The zero-order valence-electron chi connectivity index (χ0n) is 11.6. The van der Waals surface area contributed by atoms with Crippen molar-refractivity contribution in [2.75, 3.05) is 0 Å². The first kappa shape index (κ1) is 13.5. The highest BCUT2D eigenvalue weighted by atomic mass is 32.1. The average molecular weight is 296 g/mol. The fourth-order valence-electron chi connectivity index (χ4n) is 2.13. The van der Waals surface area contributed by atoms with Gasteiger partial charge in [-0.05, 0) is 31.5 Å². The smallest absolute Gasteiger partial charge is 0.266 e. The summed E-state index contributed by atoms with van der Waals surface area (Å²) in [5.74, 6) is 0. The molecular weight excluding hydrogens is 284 g/mol. The maximum atomic E-state index is 12.2. The second-order valence-electron chi connectivity index (χ2n) is 4.74. The van der Waals surface area contributed by atoms with Crippen molar-refractivity contribution in [3.63, 3.8) is 0 Å². The van der Waals surface area contributed by atoms with Gasteiger partial charge in [0.15, 0.2) is 0 Å². The minimum Gasteiger partial charge on any atom is -0.266 e. The van der Waals surface area contributed by atoms with Crippen LogP contribution in [0.4, 0.5) is 0 Å². The molecule has 5 nitrogen and oxygen atoms in total. The molecular formula is C15H12N4OS. The van der Waals surface area contributed by atoms with Gasteiger partial charge in [0.2, 0.25) is 0 Å². The molecule has 0 saturated carbocycles. The highest BCUT2D eigenvalue weighted by Gasteiger charge is 2.13. The van der Waals surface area contributed by atoms with Crippen LogP contribution in [0.3, 0.4) is 0 Å². The van der Waals surface area contributed by atoms with Gasteiger partial charge in [-0.1, -0.05) is 12.1 Å². The molecule has 3 rings (SSSR count). The summed E-state index contributed by atoms with van der Waals surface area (Å²) in [5, 5.41) is 14.2. The van der Waals surface area contributed by atoms with Gasteiger partial charge in [0.1, 0.15) is 16.6 Å². The molecule has 0 fully saturated rings. The molecule has 0 atom stereocenters. The maximum Gasteiger partial charge on any atom is 0.285 e. The largest absolute Gasteiger partial charge is 0.285 e. The van der Waals surface area contributed by atoms with Crippen LogP contribution in [0.25, 0.3) is 10.2 Å². The number of thiazole rings is 1. The molecule has 21 heavy (non-hydrogen) atoms. The van der Waals surface area contributed by atoms with Crippen LogP contribution in [0, 0.1) is 25.2 Å². The number of nitriles is 1. The van der Waals surface area contributed by atoms with Crippen molar-refractivity contribution in [1.29, 1.82) is 5.26 Å². The maximum absolute atomic E-state index is 12.2. The SMILES string of the molecule is Cc1nn(Cc2nc3ccccc3s2)c(=O)c(C#N)c1C. The van der Waals surface area contributed by atoms with Gasteiger partial charge in [-0.15, -0.1) is 11.3 Å². The van der Waals surface area contributed by atoms with Gasteiger partial charge >= 0.3 is 0 Å². The monoisotopic (exact) mass is 296 g/mol. The minimum absolute atomic E-state index is 0.156. The zero-order valence-corrected chi connectivity index (χ0v) is 12.4. The van der Waals surface area contributed by atoms with Gasteiger partial charge < -0.3 is 0 Å². The number of nitrogens with zero attached hydrogens (tertiary/aromatic N) is 4. The summed E-state index contributed by atoms with van der Waals surface area (Å²) in [6, 6.07) is 9.79. The molecule has 6 heteroatoms. The predicted octanol–water partition coefficient (Wildman–Crippen LogP) is 2.39. The molecule has 0 aliphatic heterocycles. The van der Waals surface area contributed by atoms with Crippen molar-refractivity contribution < 1.29 is 0 Å². The van der Waals surface area contributed by atoms with E-state index in [0.29, 0.717) is 11.3 Å². The zero-order chi connectivity index (χ0) is 15.0. The Morgan fingerprint density at radius 1 is 1.33 bits per heavy atom. The van der Waals surface area contributed by atoms with Gasteiger partial charge in [0.05, 0.1) is 22.5 Å². The van der Waals surface area contributed by atoms with Crippen LogP contribution in [0.2, 0.25) is 0 Å². The van der Waals surface area contributed by atoms with E-state index in [9.17, 15) is 4.79 Å². The Labute approximate surface area is 125 Å². The third-order valence-electron chi connectivity index (χ3n) is 3.37. The summed E-state index contributed by atoms with van der Waals surface area (Å²) in [4.78, 5) is 16.7. The van der Waals surface area contributed by atoms with E-state index in [1.54, 1.807) is 13.8 Å². The van der Waals surface area contributed by atoms with Gasteiger partial charge in [0.25, 0.3) is 5.56 Å². The first-order valence-corrected chi connectivity index (χ1v) is 7.24. The van der Waals surface area contributed by atoms with E-state index >= 15 is 0 Å². The first-order chi connectivity index (χ1) is 10.1. The molecule has 0 spiro atoms. The highest BCUT2D eigenvalue weighted by Crippen LogP contribution is 2.21. The van der Waals surface area contributed by atoms with E-state index in [2.05, 4.69) is 10.1 Å². The molecule has 0 unspecified atom stereocenters. The second kappa shape index (κ2) is 5.11. The van der Waals surface area contributed by atoms with E-state index < -0.39 is 0 Å². The van der Waals surface area contributed by atoms with Crippen molar-refractivity contribution >= 4 is 21.6 Å². The van der Waals surface area contributed by atoms with Crippen molar-refractivity contribution in [3.05, 3.63) is 56.4 Å². The Morgan fingerprint density at radius 2 is 2.10 bits per heavy atom. The van der Waals surface area contributed by atoms with Crippen molar-refractivity contribution in [2.24, 2.45) is 0 Å². The number of rotatable bonds is 2. The van der Waals surface area contributed by atoms with Crippen molar-refractivity contribution in [1.82, 2.24) is 14.8 Å². The molecule has 1 aromatic carbocycles. The lowest BCUT2D eigenvalue weighted by atomic mass is 10.1. The summed E-state index contributed by atoms with van der Waals surface area (Å²) in [5.41, 5.74) is 2.04. The van der Waals surface area contributed by atoms with E-state index in [4.69, 9.17) is 5.26 Å². The number of hydrogen-bond donors (Lipinski definition) is 0. The van der Waals surface area contributed by atoms with Gasteiger partial charge in [-0.25, -0.2) is 9.67 Å². The summed E-state index contributed by atoms with van der Waals surface area (Å²) in [6.07, 6.45) is 0. The highest BCUT2D eigenvalue weighted by molar-refractivity contribution is 7.18. The summed E-state index contributed by atoms with van der Waals surface area (Å²) in [6.45, 7) is 3.82. The fourth-order valence-corrected chi connectivity index (χ4v) is 3.08. The number of para-hydroxylation sites is 1. The number of benzene rings is 1. The Hall–Kier alpha value is -2.52. The lowest BCUT2D eigenvalue weighted by Gasteiger charge is -2.07. The quantitative estimate of drug-likeness (QED) is 0.728. The molecule has 0 bridgehead atoms. The van der Waals surface area contributed by atoms with Crippen LogP contribution in [0.1, 0.15) is 21.8 Å². The van der Waals surface area contributed by atoms with Crippen LogP contribution < -0.4 is 5.56 Å². The topological polar surface area (TPSA) is 71.6 Å². The first-order valence-electron chi connectivity index (χ1n) is 6.43. The molecule has 0 N–H and O–H groups in total. The van der Waals surface area contributed by atoms with Crippen LogP contribution in [-0.2, 0) is 6.54 Å². The standard InChI is InChI=1S/C15H12N4OS/c1-9-10(2)18-19(15(20)11(9)7-16)8-14-17-12-5-3-4-6-13(12)21-14/h3-6H,8H2,1-2H3.